The van der Waals surface area contributed by atoms with Crippen molar-refractivity contribution in [1.29, 1.82) is 0 Å². The summed E-state index contributed by atoms with van der Waals surface area (Å²) in [5.41, 5.74) is 2.46. The Hall–Kier alpha value is -0.120. The van der Waals surface area contributed by atoms with Crippen molar-refractivity contribution in [1.82, 2.24) is 0 Å². The number of hydrogen-bond donors (Lipinski definition) is 0. The summed E-state index contributed by atoms with van der Waals surface area (Å²) in [5, 5.41) is 0. The molecule has 0 saturated heterocycles. The fraction of sp³-hybridized carbons (Fsp3) is 0.500. The first kappa shape index (κ1) is 12.0. The second-order valence-corrected chi connectivity index (χ2v) is 4.94. The van der Waals surface area contributed by atoms with Crippen molar-refractivity contribution in [3.63, 3.8) is 0 Å². The highest BCUT2D eigenvalue weighted by atomic mass is 127. The Morgan fingerprint density at radius 1 is 1.36 bits per heavy atom. The maximum atomic E-state index is 12.5. The van der Waals surface area contributed by atoms with Gasteiger partial charge in [-0.1, -0.05) is 26.3 Å². The van der Waals surface area contributed by atoms with E-state index in [0.29, 0.717) is 0 Å². The van der Waals surface area contributed by atoms with Gasteiger partial charge in [-0.05, 0) is 52.3 Å². The van der Waals surface area contributed by atoms with Crippen molar-refractivity contribution >= 4 is 22.6 Å². The zero-order chi connectivity index (χ0) is 10.6. The minimum Gasteiger partial charge on any atom is -0.250 e. The molecule has 0 N–H and O–H groups in total. The van der Waals surface area contributed by atoms with E-state index in [1.54, 1.807) is 0 Å². The standard InChI is InChI=1S/C12H16FI/c1-3-4-10-5-11(9(2)8-13)7-12(14)6-10/h5-7,9H,3-4,8H2,1-2H3. The van der Waals surface area contributed by atoms with Crippen molar-refractivity contribution in [3.8, 4) is 0 Å². The van der Waals surface area contributed by atoms with Gasteiger partial charge in [0.1, 0.15) is 0 Å². The summed E-state index contributed by atoms with van der Waals surface area (Å²) in [7, 11) is 0. The van der Waals surface area contributed by atoms with E-state index in [1.807, 2.05) is 6.92 Å². The molecule has 1 aromatic rings. The third-order valence-electron chi connectivity index (χ3n) is 2.32. The number of hydrogen-bond acceptors (Lipinski definition) is 0. The highest BCUT2D eigenvalue weighted by Gasteiger charge is 2.06. The molecule has 14 heavy (non-hydrogen) atoms. The molecule has 0 heterocycles. The Labute approximate surface area is 99.0 Å². The molecule has 1 atom stereocenters. The predicted octanol–water partition coefficient (Wildman–Crippen LogP) is 4.32. The summed E-state index contributed by atoms with van der Waals surface area (Å²) in [6.45, 7) is 3.82. The van der Waals surface area contributed by atoms with Crippen molar-refractivity contribution in [2.24, 2.45) is 0 Å². The van der Waals surface area contributed by atoms with E-state index in [4.69, 9.17) is 0 Å². The highest BCUT2D eigenvalue weighted by Crippen LogP contribution is 2.21. The topological polar surface area (TPSA) is 0 Å². The van der Waals surface area contributed by atoms with Crippen molar-refractivity contribution < 1.29 is 4.39 Å². The summed E-state index contributed by atoms with van der Waals surface area (Å²) < 4.78 is 13.7. The van der Waals surface area contributed by atoms with Crippen LogP contribution in [0.3, 0.4) is 0 Å². The molecule has 78 valence electrons. The lowest BCUT2D eigenvalue weighted by Crippen LogP contribution is -1.98. The Kier molecular flexibility index (Phi) is 4.85. The van der Waals surface area contributed by atoms with Crippen LogP contribution >= 0.6 is 22.6 Å². The van der Waals surface area contributed by atoms with E-state index >= 15 is 0 Å². The minimum absolute atomic E-state index is 0.0281. The molecular weight excluding hydrogens is 290 g/mol. The van der Waals surface area contributed by atoms with Crippen LogP contribution < -0.4 is 0 Å². The minimum atomic E-state index is -0.272. The van der Waals surface area contributed by atoms with Crippen LogP contribution in [0.25, 0.3) is 0 Å². The summed E-state index contributed by atoms with van der Waals surface area (Å²) >= 11 is 2.30. The lowest BCUT2D eigenvalue weighted by molar-refractivity contribution is 0.447. The number of benzene rings is 1. The fourth-order valence-electron chi connectivity index (χ4n) is 1.48. The predicted molar refractivity (Wildman–Crippen MR) is 67.5 cm³/mol. The van der Waals surface area contributed by atoms with Gasteiger partial charge in [-0.2, -0.15) is 0 Å². The molecular formula is C12H16FI. The molecule has 1 aromatic carbocycles. The normalized spacial score (nSPS) is 12.9. The third kappa shape index (κ3) is 3.23. The summed E-state index contributed by atoms with van der Waals surface area (Å²) in [5.74, 6) is 0.0281. The molecule has 0 nitrogen and oxygen atoms in total. The molecule has 0 aliphatic carbocycles. The van der Waals surface area contributed by atoms with Gasteiger partial charge in [0.15, 0.2) is 0 Å². The smallest absolute Gasteiger partial charge is 0.0960 e. The van der Waals surface area contributed by atoms with Crippen molar-refractivity contribution in [3.05, 3.63) is 32.9 Å². The molecule has 1 rings (SSSR count). The molecule has 0 saturated carbocycles. The second kappa shape index (κ2) is 5.69. The summed E-state index contributed by atoms with van der Waals surface area (Å²) in [6.07, 6.45) is 2.23. The zero-order valence-electron chi connectivity index (χ0n) is 8.69. The van der Waals surface area contributed by atoms with Gasteiger partial charge in [0.25, 0.3) is 0 Å². The third-order valence-corrected chi connectivity index (χ3v) is 2.94. The molecule has 0 fully saturated rings. The quantitative estimate of drug-likeness (QED) is 0.727. The van der Waals surface area contributed by atoms with Crippen LogP contribution in [-0.2, 0) is 6.42 Å². The van der Waals surface area contributed by atoms with Crippen LogP contribution in [0.2, 0.25) is 0 Å². The largest absolute Gasteiger partial charge is 0.250 e. The van der Waals surface area contributed by atoms with Gasteiger partial charge in [-0.3, -0.25) is 4.39 Å². The molecule has 0 amide bonds. The summed E-state index contributed by atoms with van der Waals surface area (Å²) in [4.78, 5) is 0. The van der Waals surface area contributed by atoms with Gasteiger partial charge in [-0.15, -0.1) is 0 Å². The summed E-state index contributed by atoms with van der Waals surface area (Å²) in [6, 6.07) is 6.39. The molecule has 0 radical (unpaired) electrons. The first-order valence-corrected chi connectivity index (χ1v) is 6.10. The molecule has 0 bridgehead atoms. The van der Waals surface area contributed by atoms with Crippen LogP contribution in [0, 0.1) is 3.57 Å². The Balaban J connectivity index is 2.94. The maximum absolute atomic E-state index is 12.5. The van der Waals surface area contributed by atoms with E-state index < -0.39 is 0 Å². The van der Waals surface area contributed by atoms with Crippen LogP contribution in [0.15, 0.2) is 18.2 Å². The van der Waals surface area contributed by atoms with E-state index in [2.05, 4.69) is 47.7 Å². The first-order valence-electron chi connectivity index (χ1n) is 5.02. The first-order chi connectivity index (χ1) is 6.67. The van der Waals surface area contributed by atoms with Crippen LogP contribution in [-0.4, -0.2) is 6.67 Å². The van der Waals surface area contributed by atoms with Gasteiger partial charge in [0, 0.05) is 9.49 Å². The van der Waals surface area contributed by atoms with Crippen molar-refractivity contribution in [2.45, 2.75) is 32.6 Å². The molecule has 0 spiro atoms. The van der Waals surface area contributed by atoms with E-state index in [0.717, 1.165) is 18.4 Å². The SMILES string of the molecule is CCCc1cc(I)cc(C(C)CF)c1. The van der Waals surface area contributed by atoms with Gasteiger partial charge in [0.2, 0.25) is 0 Å². The number of aryl methyl sites for hydroxylation is 1. The zero-order valence-corrected chi connectivity index (χ0v) is 10.8. The lowest BCUT2D eigenvalue weighted by atomic mass is 9.99. The van der Waals surface area contributed by atoms with Crippen LogP contribution in [0.4, 0.5) is 4.39 Å². The van der Waals surface area contributed by atoms with Crippen LogP contribution in [0.5, 0.6) is 0 Å². The monoisotopic (exact) mass is 306 g/mol. The number of rotatable bonds is 4. The van der Waals surface area contributed by atoms with Gasteiger partial charge >= 0.3 is 0 Å². The van der Waals surface area contributed by atoms with E-state index in [-0.39, 0.29) is 12.6 Å². The van der Waals surface area contributed by atoms with E-state index in [1.165, 1.54) is 9.13 Å². The average Bonchev–Trinajstić information content (AvgIpc) is 2.16. The number of alkyl halides is 1. The molecule has 2 heteroatoms. The Morgan fingerprint density at radius 3 is 2.64 bits per heavy atom. The molecule has 1 unspecified atom stereocenters. The second-order valence-electron chi connectivity index (χ2n) is 3.70. The van der Waals surface area contributed by atoms with Gasteiger partial charge in [-0.25, -0.2) is 0 Å². The maximum Gasteiger partial charge on any atom is 0.0960 e. The molecule has 0 aromatic heterocycles. The highest BCUT2D eigenvalue weighted by molar-refractivity contribution is 14.1. The van der Waals surface area contributed by atoms with Crippen molar-refractivity contribution in [2.75, 3.05) is 6.67 Å². The van der Waals surface area contributed by atoms with Crippen LogP contribution in [0.1, 0.15) is 37.3 Å². The van der Waals surface area contributed by atoms with E-state index in [9.17, 15) is 4.39 Å². The lowest BCUT2D eigenvalue weighted by Gasteiger charge is -2.10. The Morgan fingerprint density at radius 2 is 2.07 bits per heavy atom. The molecule has 0 aliphatic heterocycles. The molecule has 0 aliphatic rings. The van der Waals surface area contributed by atoms with Gasteiger partial charge in [0.05, 0.1) is 6.67 Å². The average molecular weight is 306 g/mol. The van der Waals surface area contributed by atoms with Gasteiger partial charge < -0.3 is 0 Å². The Bertz CT molecular complexity index is 296. The number of halogens is 2. The fourth-order valence-corrected chi connectivity index (χ4v) is 2.24.